The lowest BCUT2D eigenvalue weighted by molar-refractivity contribution is -0.0260. The van der Waals surface area contributed by atoms with Gasteiger partial charge in [0.1, 0.15) is 39.6 Å². The highest BCUT2D eigenvalue weighted by atomic mass is 19.1. The standard InChI is InChI=1S/C42H52F2N6O5/c1-5-10-27(11-8-17-45)50-18-9-16-42(15-7-12-32(42)50)25-55-40-47-37-34(38(48-40)49-19-20-54-24-41(3,52)23-49)39(53-4)46-36(35(37)44)30-22-28(51)21-26-13-14-31(43)29(6-2)33(26)30/h13-14,21-22,27,32,51-52H,5-12,15-16,18-20,23-25H2,1-4H3/t27?,32-,41+,42-/m1/s1. The van der Waals surface area contributed by atoms with Gasteiger partial charge in [-0.05, 0) is 92.9 Å². The summed E-state index contributed by atoms with van der Waals surface area (Å²) in [7, 11) is 1.42. The molecule has 4 aromatic rings. The van der Waals surface area contributed by atoms with Crippen molar-refractivity contribution in [3.05, 3.63) is 41.5 Å². The summed E-state index contributed by atoms with van der Waals surface area (Å²) in [5.41, 5.74) is -1.10. The number of aryl methyl sites for hydroxylation is 1. The van der Waals surface area contributed by atoms with E-state index in [1.54, 1.807) is 13.0 Å². The van der Waals surface area contributed by atoms with Gasteiger partial charge < -0.3 is 29.3 Å². The minimum Gasteiger partial charge on any atom is -0.508 e. The van der Waals surface area contributed by atoms with Crippen molar-refractivity contribution in [1.82, 2.24) is 19.9 Å². The van der Waals surface area contributed by atoms with Gasteiger partial charge in [-0.3, -0.25) is 4.90 Å². The first-order chi connectivity index (χ1) is 26.5. The van der Waals surface area contributed by atoms with Crippen LogP contribution in [0.1, 0.15) is 84.1 Å². The number of aliphatic hydroxyl groups is 1. The molecule has 1 aliphatic carbocycles. The van der Waals surface area contributed by atoms with Crippen LogP contribution in [0, 0.1) is 28.4 Å². The van der Waals surface area contributed by atoms with Gasteiger partial charge in [-0.1, -0.05) is 32.8 Å². The van der Waals surface area contributed by atoms with E-state index in [0.717, 1.165) is 57.9 Å². The first-order valence-corrected chi connectivity index (χ1v) is 19.7. The lowest BCUT2D eigenvalue weighted by Crippen LogP contribution is -2.55. The van der Waals surface area contributed by atoms with Crippen molar-refractivity contribution < 1.29 is 33.2 Å². The van der Waals surface area contributed by atoms with E-state index in [4.69, 9.17) is 24.2 Å². The lowest BCUT2D eigenvalue weighted by atomic mass is 9.74. The Morgan fingerprint density at radius 1 is 1.09 bits per heavy atom. The van der Waals surface area contributed by atoms with Gasteiger partial charge in [-0.25, -0.2) is 13.8 Å². The van der Waals surface area contributed by atoms with Crippen LogP contribution >= 0.6 is 0 Å². The van der Waals surface area contributed by atoms with Crippen LogP contribution in [0.5, 0.6) is 17.6 Å². The van der Waals surface area contributed by atoms with Gasteiger partial charge >= 0.3 is 6.01 Å². The van der Waals surface area contributed by atoms with E-state index < -0.39 is 17.2 Å². The van der Waals surface area contributed by atoms with E-state index >= 15 is 8.78 Å². The van der Waals surface area contributed by atoms with Gasteiger partial charge in [0.25, 0.3) is 0 Å². The number of aromatic nitrogens is 3. The molecule has 7 rings (SSSR count). The fraction of sp³-hybridized carbons (Fsp3) is 0.571. The monoisotopic (exact) mass is 758 g/mol. The Bertz CT molecular complexity index is 2090. The number of hydrogen-bond acceptors (Lipinski definition) is 11. The van der Waals surface area contributed by atoms with Crippen LogP contribution in [0.15, 0.2) is 24.3 Å². The zero-order chi connectivity index (χ0) is 38.9. The minimum atomic E-state index is -1.24. The molecule has 2 saturated heterocycles. The average Bonchev–Trinajstić information content (AvgIpc) is 3.52. The van der Waals surface area contributed by atoms with Crippen molar-refractivity contribution in [2.45, 2.75) is 103 Å². The molecule has 3 aliphatic rings. The van der Waals surface area contributed by atoms with Crippen LogP contribution in [-0.4, -0.2) is 94.3 Å². The Labute approximate surface area is 321 Å². The number of benzene rings is 2. The van der Waals surface area contributed by atoms with Crippen molar-refractivity contribution in [3.63, 3.8) is 0 Å². The minimum absolute atomic E-state index is 0.0155. The number of piperidine rings is 1. The zero-order valence-corrected chi connectivity index (χ0v) is 32.3. The molecular formula is C42H52F2N6O5. The molecule has 1 saturated carbocycles. The molecule has 2 aromatic heterocycles. The van der Waals surface area contributed by atoms with E-state index in [0.29, 0.717) is 55.0 Å². The molecule has 2 aliphatic heterocycles. The molecule has 55 heavy (non-hydrogen) atoms. The summed E-state index contributed by atoms with van der Waals surface area (Å²) in [5.74, 6) is -1.06. The number of ether oxygens (including phenoxy) is 3. The number of rotatable bonds is 12. The van der Waals surface area contributed by atoms with E-state index in [2.05, 4.69) is 22.9 Å². The Morgan fingerprint density at radius 2 is 1.91 bits per heavy atom. The summed E-state index contributed by atoms with van der Waals surface area (Å²) >= 11 is 0. The maximum Gasteiger partial charge on any atom is 0.319 e. The number of phenols is 1. The second-order valence-corrected chi connectivity index (χ2v) is 15.8. The Balaban J connectivity index is 1.37. The number of hydrogen-bond donors (Lipinski definition) is 2. The highest BCUT2D eigenvalue weighted by Gasteiger charge is 2.50. The van der Waals surface area contributed by atoms with Gasteiger partial charge in [0.2, 0.25) is 5.88 Å². The molecule has 2 N–H and O–H groups in total. The van der Waals surface area contributed by atoms with Crippen molar-refractivity contribution in [2.24, 2.45) is 5.41 Å². The van der Waals surface area contributed by atoms with E-state index in [1.165, 1.54) is 25.3 Å². The smallest absolute Gasteiger partial charge is 0.319 e. The Hall–Kier alpha value is -4.38. The van der Waals surface area contributed by atoms with Crippen LogP contribution in [0.4, 0.5) is 14.6 Å². The van der Waals surface area contributed by atoms with Crippen LogP contribution in [0.3, 0.4) is 0 Å². The number of β-amino-alcohol motifs (C(OH)–C–C–N with tert-alkyl or cyclic N) is 1. The molecule has 11 nitrogen and oxygen atoms in total. The third kappa shape index (κ3) is 7.48. The zero-order valence-electron chi connectivity index (χ0n) is 32.3. The predicted molar refractivity (Wildman–Crippen MR) is 206 cm³/mol. The first kappa shape index (κ1) is 38.9. The molecule has 0 bridgehead atoms. The molecule has 0 spiro atoms. The molecule has 4 atom stereocenters. The number of halogens is 2. The third-order valence-electron chi connectivity index (χ3n) is 11.9. The van der Waals surface area contributed by atoms with Gasteiger partial charge in [0.05, 0.1) is 39.5 Å². The van der Waals surface area contributed by atoms with E-state index in [-0.39, 0.29) is 70.2 Å². The van der Waals surface area contributed by atoms with Crippen molar-refractivity contribution >= 4 is 27.5 Å². The molecule has 0 amide bonds. The number of phenolic OH excluding ortho intramolecular Hbond substituents is 1. The maximum atomic E-state index is 17.4. The SMILES string of the molecule is CCCC(CCC#N)N1CCC[C@@]2(COc3nc(N4CCOC[C@@](C)(O)C4)c4c(OC)nc(-c5cc(O)cc6ccc(F)c(CC)c56)c(F)c4n3)CCC[C@@H]12. The third-order valence-corrected chi connectivity index (χ3v) is 11.9. The number of fused-ring (bicyclic) bond motifs is 3. The second kappa shape index (κ2) is 16.0. The van der Waals surface area contributed by atoms with Gasteiger partial charge in [-0.15, -0.1) is 0 Å². The highest BCUT2D eigenvalue weighted by Crippen LogP contribution is 2.50. The Morgan fingerprint density at radius 3 is 2.67 bits per heavy atom. The van der Waals surface area contributed by atoms with Crippen LogP contribution in [0.2, 0.25) is 0 Å². The number of pyridine rings is 1. The highest BCUT2D eigenvalue weighted by molar-refractivity contribution is 6.03. The summed E-state index contributed by atoms with van der Waals surface area (Å²) in [6.07, 6.45) is 8.86. The number of nitriles is 1. The lowest BCUT2D eigenvalue weighted by Gasteiger charge is -2.49. The van der Waals surface area contributed by atoms with Crippen molar-refractivity contribution in [2.75, 3.05) is 51.5 Å². The molecule has 0 radical (unpaired) electrons. The number of methoxy groups -OCH3 is 1. The summed E-state index contributed by atoms with van der Waals surface area (Å²) in [6, 6.07) is 8.75. The topological polar surface area (TPSA) is 137 Å². The van der Waals surface area contributed by atoms with Crippen LogP contribution in [-0.2, 0) is 11.2 Å². The summed E-state index contributed by atoms with van der Waals surface area (Å²) in [4.78, 5) is 18.7. The molecular weight excluding hydrogens is 706 g/mol. The summed E-state index contributed by atoms with van der Waals surface area (Å²) < 4.78 is 50.8. The van der Waals surface area contributed by atoms with E-state index in [9.17, 15) is 15.5 Å². The number of nitrogens with zero attached hydrogens (tertiary/aromatic N) is 6. The molecule has 2 aromatic carbocycles. The fourth-order valence-electron chi connectivity index (χ4n) is 9.56. The molecule has 294 valence electrons. The largest absolute Gasteiger partial charge is 0.508 e. The molecule has 3 fully saturated rings. The molecule has 13 heteroatoms. The molecule has 1 unspecified atom stereocenters. The maximum absolute atomic E-state index is 17.4. The normalized spacial score (nSPS) is 23.7. The van der Waals surface area contributed by atoms with Crippen LogP contribution in [0.25, 0.3) is 32.9 Å². The van der Waals surface area contributed by atoms with Crippen molar-refractivity contribution in [1.29, 1.82) is 5.26 Å². The number of aromatic hydroxyl groups is 1. The van der Waals surface area contributed by atoms with Crippen LogP contribution < -0.4 is 14.4 Å². The molecule has 4 heterocycles. The second-order valence-electron chi connectivity index (χ2n) is 15.8. The van der Waals surface area contributed by atoms with E-state index in [1.807, 2.05) is 11.8 Å². The first-order valence-electron chi connectivity index (χ1n) is 19.7. The van der Waals surface area contributed by atoms with Gasteiger partial charge in [0, 0.05) is 36.0 Å². The number of anilines is 1. The average molecular weight is 759 g/mol. The van der Waals surface area contributed by atoms with Crippen molar-refractivity contribution in [3.8, 4) is 35.0 Å². The summed E-state index contributed by atoms with van der Waals surface area (Å²) in [6.45, 7) is 7.88. The van der Waals surface area contributed by atoms with Gasteiger partial charge in [0.15, 0.2) is 5.82 Å². The number of likely N-dealkylation sites (tertiary alicyclic amines) is 1. The quantitative estimate of drug-likeness (QED) is 0.149. The predicted octanol–water partition coefficient (Wildman–Crippen LogP) is 7.47. The van der Waals surface area contributed by atoms with Gasteiger partial charge in [-0.2, -0.15) is 15.2 Å². The fourth-order valence-corrected chi connectivity index (χ4v) is 9.56. The Kier molecular flexibility index (Phi) is 11.3. The summed E-state index contributed by atoms with van der Waals surface area (Å²) in [5, 5.41) is 32.5.